The van der Waals surface area contributed by atoms with Gasteiger partial charge >= 0.3 is 0 Å². The van der Waals surface area contributed by atoms with Crippen molar-refractivity contribution in [1.29, 1.82) is 0 Å². The van der Waals surface area contributed by atoms with Gasteiger partial charge in [0, 0.05) is 30.9 Å². The molecule has 2 atom stereocenters. The summed E-state index contributed by atoms with van der Waals surface area (Å²) >= 11 is 1.79. The van der Waals surface area contributed by atoms with E-state index in [1.807, 2.05) is 12.1 Å². The molecule has 7 heteroatoms. The molecule has 0 aliphatic rings. The predicted octanol–water partition coefficient (Wildman–Crippen LogP) is 3.95. The van der Waals surface area contributed by atoms with E-state index in [4.69, 9.17) is 4.74 Å². The Bertz CT molecular complexity index is 691. The van der Waals surface area contributed by atoms with Crippen molar-refractivity contribution in [2.24, 2.45) is 4.99 Å². The van der Waals surface area contributed by atoms with Gasteiger partial charge in [0.2, 0.25) is 0 Å². The third kappa shape index (κ3) is 7.31. The van der Waals surface area contributed by atoms with Gasteiger partial charge in [-0.3, -0.25) is 4.99 Å². The molecule has 0 saturated carbocycles. The Morgan fingerprint density at radius 2 is 1.93 bits per heavy atom. The standard InChI is InChI=1S/C20H30N4OS.HI/c1-15(19-10-7-11-26-19)13-22-20(21-2)23-14-18(24(3)4)16-8-6-9-17(12-16)25-5;/h6-12,15,18H,13-14H2,1-5H3,(H2,21,22,23);1H. The molecule has 2 N–H and O–H groups in total. The Labute approximate surface area is 184 Å². The number of benzene rings is 1. The number of nitrogens with one attached hydrogen (secondary N) is 2. The number of likely N-dealkylation sites (N-methyl/N-ethyl adjacent to an activating group) is 1. The van der Waals surface area contributed by atoms with Crippen molar-refractivity contribution < 1.29 is 4.74 Å². The second-order valence-corrected chi connectivity index (χ2v) is 7.49. The number of ether oxygens (including phenoxy) is 1. The monoisotopic (exact) mass is 502 g/mol. The van der Waals surface area contributed by atoms with Crippen LogP contribution in [0, 0.1) is 0 Å². The van der Waals surface area contributed by atoms with E-state index in [0.29, 0.717) is 5.92 Å². The second kappa shape index (κ2) is 12.2. The highest BCUT2D eigenvalue weighted by Gasteiger charge is 2.16. The smallest absolute Gasteiger partial charge is 0.191 e. The molecule has 0 aliphatic heterocycles. The van der Waals surface area contributed by atoms with E-state index in [1.165, 1.54) is 10.4 Å². The number of thiophene rings is 1. The molecular formula is C20H31IN4OS. The van der Waals surface area contributed by atoms with Crippen molar-refractivity contribution in [3.8, 4) is 5.75 Å². The Balaban J connectivity index is 0.00000364. The van der Waals surface area contributed by atoms with Crippen LogP contribution in [0.5, 0.6) is 5.75 Å². The molecule has 0 saturated heterocycles. The molecule has 1 heterocycles. The summed E-state index contributed by atoms with van der Waals surface area (Å²) in [6.07, 6.45) is 0. The summed E-state index contributed by atoms with van der Waals surface area (Å²) in [5.74, 6) is 2.15. The van der Waals surface area contributed by atoms with Crippen LogP contribution in [0.4, 0.5) is 0 Å². The van der Waals surface area contributed by atoms with Crippen LogP contribution in [0.3, 0.4) is 0 Å². The zero-order valence-electron chi connectivity index (χ0n) is 16.7. The minimum atomic E-state index is 0. The quantitative estimate of drug-likeness (QED) is 0.326. The number of hydrogen-bond acceptors (Lipinski definition) is 4. The Kier molecular flexibility index (Phi) is 10.7. The summed E-state index contributed by atoms with van der Waals surface area (Å²) in [5, 5.41) is 9.00. The van der Waals surface area contributed by atoms with Gasteiger partial charge in [0.25, 0.3) is 0 Å². The van der Waals surface area contributed by atoms with Crippen LogP contribution in [0.25, 0.3) is 0 Å². The molecule has 1 aromatic carbocycles. The summed E-state index contributed by atoms with van der Waals surface area (Å²) < 4.78 is 5.36. The van der Waals surface area contributed by atoms with Crippen molar-refractivity contribution >= 4 is 41.3 Å². The summed E-state index contributed by atoms with van der Waals surface area (Å²) in [4.78, 5) is 7.94. The molecule has 27 heavy (non-hydrogen) atoms. The van der Waals surface area contributed by atoms with Crippen LogP contribution < -0.4 is 15.4 Å². The first-order valence-corrected chi connectivity index (χ1v) is 9.71. The minimum Gasteiger partial charge on any atom is -0.497 e. The first-order valence-electron chi connectivity index (χ1n) is 8.83. The number of methoxy groups -OCH3 is 1. The average molecular weight is 502 g/mol. The molecule has 0 radical (unpaired) electrons. The van der Waals surface area contributed by atoms with Gasteiger partial charge in [-0.25, -0.2) is 0 Å². The molecule has 0 aliphatic carbocycles. The third-order valence-electron chi connectivity index (χ3n) is 4.39. The van der Waals surface area contributed by atoms with Gasteiger partial charge < -0.3 is 20.3 Å². The fourth-order valence-corrected chi connectivity index (χ4v) is 3.57. The fraction of sp³-hybridized carbons (Fsp3) is 0.450. The number of nitrogens with zero attached hydrogens (tertiary/aromatic N) is 2. The first-order chi connectivity index (χ1) is 12.5. The fourth-order valence-electron chi connectivity index (χ4n) is 2.78. The van der Waals surface area contributed by atoms with Crippen molar-refractivity contribution in [3.63, 3.8) is 0 Å². The van der Waals surface area contributed by atoms with E-state index in [0.717, 1.165) is 24.8 Å². The van der Waals surface area contributed by atoms with Gasteiger partial charge in [-0.1, -0.05) is 25.1 Å². The SMILES string of the molecule is CN=C(NCC(C)c1cccs1)NCC(c1cccc(OC)c1)N(C)C.I. The van der Waals surface area contributed by atoms with E-state index < -0.39 is 0 Å². The lowest BCUT2D eigenvalue weighted by Gasteiger charge is -2.26. The lowest BCUT2D eigenvalue weighted by atomic mass is 10.1. The van der Waals surface area contributed by atoms with Gasteiger partial charge in [-0.15, -0.1) is 35.3 Å². The molecule has 1 aromatic heterocycles. The third-order valence-corrected chi connectivity index (χ3v) is 5.50. The molecule has 2 rings (SSSR count). The van der Waals surface area contributed by atoms with Crippen molar-refractivity contribution in [2.75, 3.05) is 41.3 Å². The Morgan fingerprint density at radius 3 is 2.52 bits per heavy atom. The summed E-state index contributed by atoms with van der Waals surface area (Å²) in [6, 6.07) is 12.7. The average Bonchev–Trinajstić information content (AvgIpc) is 3.19. The number of guanidine groups is 1. The number of rotatable bonds is 8. The van der Waals surface area contributed by atoms with Crippen LogP contribution in [0.2, 0.25) is 0 Å². The Morgan fingerprint density at radius 1 is 1.19 bits per heavy atom. The molecular weight excluding hydrogens is 471 g/mol. The first kappa shape index (κ1) is 23.7. The Hall–Kier alpha value is -1.32. The van der Waals surface area contributed by atoms with Gasteiger partial charge in [-0.05, 0) is 43.2 Å². The number of hydrogen-bond donors (Lipinski definition) is 2. The lowest BCUT2D eigenvalue weighted by molar-refractivity contribution is 0.297. The molecule has 150 valence electrons. The minimum absolute atomic E-state index is 0. The van der Waals surface area contributed by atoms with Crippen molar-refractivity contribution in [3.05, 3.63) is 52.2 Å². The van der Waals surface area contributed by atoms with Gasteiger partial charge in [0.05, 0.1) is 13.2 Å². The van der Waals surface area contributed by atoms with Crippen LogP contribution >= 0.6 is 35.3 Å². The maximum absolute atomic E-state index is 5.36. The van der Waals surface area contributed by atoms with Gasteiger partial charge in [0.15, 0.2) is 5.96 Å². The molecule has 0 fully saturated rings. The van der Waals surface area contributed by atoms with E-state index in [-0.39, 0.29) is 30.0 Å². The molecule has 0 amide bonds. The van der Waals surface area contributed by atoms with E-state index in [2.05, 4.69) is 71.2 Å². The van der Waals surface area contributed by atoms with E-state index in [1.54, 1.807) is 25.5 Å². The van der Waals surface area contributed by atoms with Crippen LogP contribution in [-0.2, 0) is 0 Å². The molecule has 0 bridgehead atoms. The predicted molar refractivity (Wildman–Crippen MR) is 127 cm³/mol. The highest BCUT2D eigenvalue weighted by atomic mass is 127. The lowest BCUT2D eigenvalue weighted by Crippen LogP contribution is -2.42. The maximum atomic E-state index is 5.36. The highest BCUT2D eigenvalue weighted by Crippen LogP contribution is 2.22. The second-order valence-electron chi connectivity index (χ2n) is 6.51. The molecule has 5 nitrogen and oxygen atoms in total. The van der Waals surface area contributed by atoms with Crippen molar-refractivity contribution in [2.45, 2.75) is 18.9 Å². The zero-order valence-corrected chi connectivity index (χ0v) is 19.9. The number of halogens is 1. The topological polar surface area (TPSA) is 48.9 Å². The van der Waals surface area contributed by atoms with E-state index >= 15 is 0 Å². The summed E-state index contributed by atoms with van der Waals surface area (Å²) in [7, 11) is 7.67. The van der Waals surface area contributed by atoms with Gasteiger partial charge in [0.1, 0.15) is 5.75 Å². The molecule has 0 spiro atoms. The molecule has 2 aromatic rings. The number of aliphatic imine (C=N–C) groups is 1. The zero-order chi connectivity index (χ0) is 18.9. The maximum Gasteiger partial charge on any atom is 0.191 e. The van der Waals surface area contributed by atoms with Crippen molar-refractivity contribution in [1.82, 2.24) is 15.5 Å². The highest BCUT2D eigenvalue weighted by molar-refractivity contribution is 14.0. The van der Waals surface area contributed by atoms with Crippen LogP contribution in [0.1, 0.15) is 29.3 Å². The summed E-state index contributed by atoms with van der Waals surface area (Å²) in [6.45, 7) is 3.84. The van der Waals surface area contributed by atoms with Crippen LogP contribution in [0.15, 0.2) is 46.8 Å². The summed E-state index contributed by atoms with van der Waals surface area (Å²) in [5.41, 5.74) is 1.21. The van der Waals surface area contributed by atoms with E-state index in [9.17, 15) is 0 Å². The normalized spacial score (nSPS) is 13.6. The molecule has 2 unspecified atom stereocenters. The largest absolute Gasteiger partial charge is 0.497 e. The van der Waals surface area contributed by atoms with Gasteiger partial charge in [-0.2, -0.15) is 0 Å². The van der Waals surface area contributed by atoms with Crippen LogP contribution in [-0.4, -0.2) is 52.2 Å².